The summed E-state index contributed by atoms with van der Waals surface area (Å²) in [5.41, 5.74) is 4.97. The van der Waals surface area contributed by atoms with Crippen LogP contribution in [-0.4, -0.2) is 9.55 Å². The number of rotatable bonds is 13. The zero-order valence-electron chi connectivity index (χ0n) is 15.4. The highest BCUT2D eigenvalue weighted by Crippen LogP contribution is 2.23. The Morgan fingerprint density at radius 3 is 2.00 bits per heavy atom. The van der Waals surface area contributed by atoms with Gasteiger partial charge in [0.2, 0.25) is 0 Å². The molecule has 0 saturated heterocycles. The molecular formula is C19H34FN3O. The molecular weight excluding hydrogens is 305 g/mol. The smallest absolute Gasteiger partial charge is 0.349 e. The van der Waals surface area contributed by atoms with E-state index < -0.39 is 11.5 Å². The van der Waals surface area contributed by atoms with Crippen LogP contribution in [0.15, 0.2) is 11.0 Å². The Morgan fingerprint density at radius 1 is 1.00 bits per heavy atom. The summed E-state index contributed by atoms with van der Waals surface area (Å²) in [6.45, 7) is 4.39. The molecule has 138 valence electrons. The molecule has 0 amide bonds. The molecule has 24 heavy (non-hydrogen) atoms. The van der Waals surface area contributed by atoms with E-state index in [0.717, 1.165) is 25.7 Å². The van der Waals surface area contributed by atoms with E-state index in [-0.39, 0.29) is 11.9 Å². The standard InChI is InChI=1S/C19H34FN3O/c1-3-5-7-9-11-13-16(14-12-10-8-6-4-2)23-15-17(20)18(21)22-19(23)24/h15-16H,3-14H2,1-2H3,(H2,21,22,24). The van der Waals surface area contributed by atoms with Crippen LogP contribution < -0.4 is 11.4 Å². The van der Waals surface area contributed by atoms with E-state index in [0.29, 0.717) is 0 Å². The van der Waals surface area contributed by atoms with Crippen LogP contribution in [0.4, 0.5) is 10.2 Å². The van der Waals surface area contributed by atoms with Gasteiger partial charge in [0.25, 0.3) is 0 Å². The molecule has 1 aromatic rings. The summed E-state index contributed by atoms with van der Waals surface area (Å²) >= 11 is 0. The van der Waals surface area contributed by atoms with Crippen LogP contribution in [0.25, 0.3) is 0 Å². The average Bonchev–Trinajstić information content (AvgIpc) is 2.56. The van der Waals surface area contributed by atoms with E-state index in [1.165, 1.54) is 62.1 Å². The van der Waals surface area contributed by atoms with Crippen LogP contribution in [0.5, 0.6) is 0 Å². The Kier molecular flexibility index (Phi) is 10.4. The third-order valence-electron chi connectivity index (χ3n) is 4.61. The summed E-state index contributed by atoms with van der Waals surface area (Å²) in [6, 6.07) is 0.0309. The van der Waals surface area contributed by atoms with Crippen molar-refractivity contribution in [3.8, 4) is 0 Å². The fourth-order valence-corrected chi connectivity index (χ4v) is 3.11. The van der Waals surface area contributed by atoms with E-state index in [1.54, 1.807) is 0 Å². The first-order valence-corrected chi connectivity index (χ1v) is 9.64. The van der Waals surface area contributed by atoms with Gasteiger partial charge in [0, 0.05) is 12.2 Å². The Morgan fingerprint density at radius 2 is 1.50 bits per heavy atom. The highest BCUT2D eigenvalue weighted by atomic mass is 19.1. The van der Waals surface area contributed by atoms with Gasteiger partial charge in [-0.3, -0.25) is 4.57 Å². The summed E-state index contributed by atoms with van der Waals surface area (Å²) < 4.78 is 15.2. The second kappa shape index (κ2) is 12.0. The van der Waals surface area contributed by atoms with Gasteiger partial charge in [-0.25, -0.2) is 9.18 Å². The van der Waals surface area contributed by atoms with Gasteiger partial charge in [-0.1, -0.05) is 78.1 Å². The zero-order chi connectivity index (χ0) is 17.8. The lowest BCUT2D eigenvalue weighted by Crippen LogP contribution is -2.28. The number of halogens is 1. The van der Waals surface area contributed by atoms with Crippen LogP contribution in [0.1, 0.15) is 96.9 Å². The van der Waals surface area contributed by atoms with Crippen molar-refractivity contribution in [1.82, 2.24) is 9.55 Å². The highest BCUT2D eigenvalue weighted by molar-refractivity contribution is 5.26. The maximum absolute atomic E-state index is 13.7. The van der Waals surface area contributed by atoms with Gasteiger partial charge in [0.15, 0.2) is 11.6 Å². The second-order valence-corrected chi connectivity index (χ2v) is 6.72. The zero-order valence-corrected chi connectivity index (χ0v) is 15.4. The van der Waals surface area contributed by atoms with Crippen molar-refractivity contribution in [2.24, 2.45) is 0 Å². The summed E-state index contributed by atoms with van der Waals surface area (Å²) in [7, 11) is 0. The van der Waals surface area contributed by atoms with Gasteiger partial charge >= 0.3 is 5.69 Å². The van der Waals surface area contributed by atoms with E-state index in [1.807, 2.05) is 0 Å². The van der Waals surface area contributed by atoms with Gasteiger partial charge in [0.1, 0.15) is 0 Å². The van der Waals surface area contributed by atoms with E-state index in [4.69, 9.17) is 5.73 Å². The molecule has 1 rings (SSSR count). The minimum atomic E-state index is -0.600. The lowest BCUT2D eigenvalue weighted by molar-refractivity contribution is 0.376. The Bertz CT molecular complexity index is 502. The highest BCUT2D eigenvalue weighted by Gasteiger charge is 2.15. The molecule has 5 heteroatoms. The van der Waals surface area contributed by atoms with Gasteiger partial charge < -0.3 is 5.73 Å². The number of unbranched alkanes of at least 4 members (excludes halogenated alkanes) is 8. The fourth-order valence-electron chi connectivity index (χ4n) is 3.11. The molecule has 0 aliphatic rings. The minimum absolute atomic E-state index is 0.0309. The first-order chi connectivity index (χ1) is 11.6. The molecule has 4 nitrogen and oxygen atoms in total. The van der Waals surface area contributed by atoms with Crippen molar-refractivity contribution in [2.75, 3.05) is 5.73 Å². The molecule has 0 bridgehead atoms. The monoisotopic (exact) mass is 339 g/mol. The lowest BCUT2D eigenvalue weighted by atomic mass is 10.00. The third kappa shape index (κ3) is 7.45. The molecule has 0 fully saturated rings. The summed E-state index contributed by atoms with van der Waals surface area (Å²) in [6.07, 6.45) is 14.9. The largest absolute Gasteiger partial charge is 0.381 e. The number of anilines is 1. The average molecular weight is 339 g/mol. The van der Waals surface area contributed by atoms with E-state index >= 15 is 0 Å². The van der Waals surface area contributed by atoms with Crippen LogP contribution in [0.3, 0.4) is 0 Å². The molecule has 0 aromatic carbocycles. The van der Waals surface area contributed by atoms with E-state index in [9.17, 15) is 9.18 Å². The second-order valence-electron chi connectivity index (χ2n) is 6.72. The number of aromatic nitrogens is 2. The van der Waals surface area contributed by atoms with Crippen molar-refractivity contribution in [1.29, 1.82) is 0 Å². The Balaban J connectivity index is 2.65. The molecule has 0 atom stereocenters. The van der Waals surface area contributed by atoms with Gasteiger partial charge in [-0.2, -0.15) is 4.98 Å². The van der Waals surface area contributed by atoms with Gasteiger partial charge in [0.05, 0.1) is 0 Å². The van der Waals surface area contributed by atoms with Crippen LogP contribution in [0.2, 0.25) is 0 Å². The fraction of sp³-hybridized carbons (Fsp3) is 0.789. The molecule has 0 spiro atoms. The van der Waals surface area contributed by atoms with Crippen LogP contribution in [0, 0.1) is 5.82 Å². The van der Waals surface area contributed by atoms with Crippen LogP contribution in [-0.2, 0) is 0 Å². The van der Waals surface area contributed by atoms with Gasteiger partial charge in [-0.05, 0) is 12.8 Å². The van der Waals surface area contributed by atoms with E-state index in [2.05, 4.69) is 18.8 Å². The Hall–Kier alpha value is -1.39. The SMILES string of the molecule is CCCCCCCC(CCCCCCC)n1cc(F)c(N)nc1=O. The number of nitrogens with zero attached hydrogens (tertiary/aromatic N) is 2. The third-order valence-corrected chi connectivity index (χ3v) is 4.61. The molecule has 2 N–H and O–H groups in total. The summed E-state index contributed by atoms with van der Waals surface area (Å²) in [5.74, 6) is -0.905. The van der Waals surface area contributed by atoms with Crippen molar-refractivity contribution < 1.29 is 4.39 Å². The van der Waals surface area contributed by atoms with Crippen molar-refractivity contribution in [2.45, 2.75) is 96.9 Å². The topological polar surface area (TPSA) is 60.9 Å². The molecule has 0 radical (unpaired) electrons. The lowest BCUT2D eigenvalue weighted by Gasteiger charge is -2.20. The molecule has 1 aromatic heterocycles. The van der Waals surface area contributed by atoms with Crippen molar-refractivity contribution in [3.63, 3.8) is 0 Å². The number of hydrogen-bond acceptors (Lipinski definition) is 3. The molecule has 0 unspecified atom stereocenters. The molecule has 0 saturated carbocycles. The van der Waals surface area contributed by atoms with Gasteiger partial charge in [-0.15, -0.1) is 0 Å². The van der Waals surface area contributed by atoms with Crippen molar-refractivity contribution >= 4 is 5.82 Å². The van der Waals surface area contributed by atoms with Crippen LogP contribution >= 0.6 is 0 Å². The summed E-state index contributed by atoms with van der Waals surface area (Å²) in [5, 5.41) is 0. The first kappa shape index (κ1) is 20.7. The minimum Gasteiger partial charge on any atom is -0.381 e. The summed E-state index contributed by atoms with van der Waals surface area (Å²) in [4.78, 5) is 15.7. The Labute approximate surface area is 145 Å². The molecule has 1 heterocycles. The normalized spacial score (nSPS) is 11.3. The predicted octanol–water partition coefficient (Wildman–Crippen LogP) is 5.23. The number of hydrogen-bond donors (Lipinski definition) is 1. The quantitative estimate of drug-likeness (QED) is 0.501. The molecule has 0 aliphatic carbocycles. The maximum atomic E-state index is 13.7. The molecule has 0 aliphatic heterocycles. The number of nitrogen functional groups attached to an aromatic ring is 1. The first-order valence-electron chi connectivity index (χ1n) is 9.64. The predicted molar refractivity (Wildman–Crippen MR) is 98.7 cm³/mol. The number of nitrogens with two attached hydrogens (primary N) is 1. The maximum Gasteiger partial charge on any atom is 0.349 e. The van der Waals surface area contributed by atoms with Crippen molar-refractivity contribution in [3.05, 3.63) is 22.5 Å².